The maximum Gasteiger partial charge on any atom is 0.327 e. The van der Waals surface area contributed by atoms with E-state index in [0.717, 1.165) is 21.7 Å². The summed E-state index contributed by atoms with van der Waals surface area (Å²) in [6.07, 6.45) is 0. The summed E-state index contributed by atoms with van der Waals surface area (Å²) in [5.74, 6) is -2.50. The highest BCUT2D eigenvalue weighted by atomic mass is 32.1. The standard InChI is InChI=1S/C32H33N3O5S/c1-18-7-6-8-22(17-18)33-32(39)35-27(21-10-12-23(13-11-21)34(4)5)25(29(36)24-14-9-20(3)40-24)26(28(35)31(37)38)30-19(2)15-16-41-30/h6-17,25-28H,1-5H3,(H,33,39)(H,37,38). The minimum Gasteiger partial charge on any atom is -0.480 e. The number of likely N-dealkylation sites (tertiary alicyclic amines) is 1. The maximum absolute atomic E-state index is 14.3. The summed E-state index contributed by atoms with van der Waals surface area (Å²) in [7, 11) is 3.85. The normalized spacial score (nSPS) is 20.2. The van der Waals surface area contributed by atoms with E-state index in [2.05, 4.69) is 5.32 Å². The average Bonchev–Trinajstić information content (AvgIpc) is 3.64. The van der Waals surface area contributed by atoms with E-state index in [0.29, 0.717) is 17.0 Å². The second-order valence-electron chi connectivity index (χ2n) is 10.7. The van der Waals surface area contributed by atoms with Crippen LogP contribution in [0.4, 0.5) is 16.2 Å². The number of benzene rings is 2. The lowest BCUT2D eigenvalue weighted by Crippen LogP contribution is -2.45. The lowest BCUT2D eigenvalue weighted by molar-refractivity contribution is -0.142. The minimum atomic E-state index is -1.30. The molecular weight excluding hydrogens is 538 g/mol. The molecule has 2 N–H and O–H groups in total. The van der Waals surface area contributed by atoms with Gasteiger partial charge in [0.25, 0.3) is 0 Å². The number of thiophene rings is 1. The van der Waals surface area contributed by atoms with E-state index in [9.17, 15) is 19.5 Å². The van der Waals surface area contributed by atoms with Crippen LogP contribution in [0.2, 0.25) is 0 Å². The van der Waals surface area contributed by atoms with Crippen LogP contribution in [0.5, 0.6) is 0 Å². The zero-order valence-electron chi connectivity index (χ0n) is 23.6. The van der Waals surface area contributed by atoms with Crippen LogP contribution in [0, 0.1) is 26.7 Å². The topological polar surface area (TPSA) is 103 Å². The van der Waals surface area contributed by atoms with Gasteiger partial charge in [-0.25, -0.2) is 9.59 Å². The van der Waals surface area contributed by atoms with E-state index in [1.807, 2.05) is 86.8 Å². The van der Waals surface area contributed by atoms with Crippen molar-refractivity contribution in [3.05, 3.63) is 105 Å². The van der Waals surface area contributed by atoms with Gasteiger partial charge in [-0.05, 0) is 85.3 Å². The molecule has 1 saturated heterocycles. The number of Topliss-reactive ketones (excluding diaryl/α,β-unsaturated/α-hetero) is 1. The third-order valence-electron chi connectivity index (χ3n) is 7.66. The molecule has 0 aliphatic carbocycles. The quantitative estimate of drug-likeness (QED) is 0.241. The number of hydrogen-bond acceptors (Lipinski definition) is 6. The van der Waals surface area contributed by atoms with Gasteiger partial charge in [-0.2, -0.15) is 0 Å². The molecule has 0 bridgehead atoms. The van der Waals surface area contributed by atoms with E-state index >= 15 is 0 Å². The first-order chi connectivity index (χ1) is 19.6. The monoisotopic (exact) mass is 571 g/mol. The van der Waals surface area contributed by atoms with Crippen LogP contribution >= 0.6 is 11.3 Å². The third-order valence-corrected chi connectivity index (χ3v) is 8.79. The summed E-state index contributed by atoms with van der Waals surface area (Å²) in [6, 6.07) is 17.3. The fourth-order valence-electron chi connectivity index (χ4n) is 5.76. The second kappa shape index (κ2) is 11.2. The molecule has 1 aliphatic heterocycles. The Balaban J connectivity index is 1.72. The molecule has 8 nitrogen and oxygen atoms in total. The molecular formula is C32H33N3O5S. The van der Waals surface area contributed by atoms with Crippen molar-refractivity contribution in [1.82, 2.24) is 4.90 Å². The number of nitrogens with zero attached hydrogens (tertiary/aromatic N) is 2. The van der Waals surface area contributed by atoms with Crippen LogP contribution < -0.4 is 10.2 Å². The van der Waals surface area contributed by atoms with Crippen molar-refractivity contribution >= 4 is 40.5 Å². The highest BCUT2D eigenvalue weighted by molar-refractivity contribution is 7.10. The Morgan fingerprint density at radius 2 is 1.71 bits per heavy atom. The molecule has 0 saturated carbocycles. The van der Waals surface area contributed by atoms with Crippen LogP contribution in [-0.4, -0.2) is 47.9 Å². The molecule has 0 radical (unpaired) electrons. The zero-order chi connectivity index (χ0) is 29.4. The lowest BCUT2D eigenvalue weighted by atomic mass is 9.79. The fourth-order valence-corrected chi connectivity index (χ4v) is 6.86. The number of amides is 2. The molecule has 1 aliphatic rings. The van der Waals surface area contributed by atoms with Crippen molar-refractivity contribution < 1.29 is 23.9 Å². The molecule has 2 aromatic carbocycles. The number of carboxylic acid groups (broad SMARTS) is 1. The molecule has 2 aromatic heterocycles. The molecule has 4 aromatic rings. The molecule has 41 heavy (non-hydrogen) atoms. The number of carboxylic acids is 1. The fraction of sp³-hybridized carbons (Fsp3) is 0.281. The van der Waals surface area contributed by atoms with Crippen molar-refractivity contribution in [3.63, 3.8) is 0 Å². The zero-order valence-corrected chi connectivity index (χ0v) is 24.4. The summed E-state index contributed by atoms with van der Waals surface area (Å²) in [4.78, 5) is 45.6. The van der Waals surface area contributed by atoms with Crippen LogP contribution in [0.25, 0.3) is 0 Å². The van der Waals surface area contributed by atoms with Gasteiger partial charge >= 0.3 is 12.0 Å². The Hall–Kier alpha value is -4.37. The van der Waals surface area contributed by atoms with Gasteiger partial charge in [-0.3, -0.25) is 4.79 Å². The van der Waals surface area contributed by atoms with Crippen molar-refractivity contribution in [2.24, 2.45) is 5.92 Å². The number of aryl methyl sites for hydroxylation is 3. The number of carbonyl (C=O) groups excluding carboxylic acids is 2. The largest absolute Gasteiger partial charge is 0.480 e. The number of furan rings is 1. The Labute approximate surface area is 243 Å². The number of hydrogen-bond donors (Lipinski definition) is 2. The molecule has 1 fully saturated rings. The van der Waals surface area contributed by atoms with Crippen LogP contribution in [-0.2, 0) is 4.79 Å². The van der Waals surface area contributed by atoms with E-state index in [1.54, 1.807) is 25.1 Å². The Kier molecular flexibility index (Phi) is 7.73. The molecule has 212 valence electrons. The Bertz CT molecular complexity index is 1590. The summed E-state index contributed by atoms with van der Waals surface area (Å²) in [5.41, 5.74) is 3.97. The van der Waals surface area contributed by atoms with Crippen molar-refractivity contribution in [2.75, 3.05) is 24.3 Å². The summed E-state index contributed by atoms with van der Waals surface area (Å²) in [5, 5.41) is 15.5. The molecule has 4 atom stereocenters. The van der Waals surface area contributed by atoms with Gasteiger partial charge in [0.1, 0.15) is 11.8 Å². The second-order valence-corrected chi connectivity index (χ2v) is 11.7. The lowest BCUT2D eigenvalue weighted by Gasteiger charge is -2.30. The van der Waals surface area contributed by atoms with E-state index < -0.39 is 35.9 Å². The van der Waals surface area contributed by atoms with Crippen molar-refractivity contribution in [3.8, 4) is 0 Å². The summed E-state index contributed by atoms with van der Waals surface area (Å²) in [6.45, 7) is 5.57. The smallest absolute Gasteiger partial charge is 0.327 e. The van der Waals surface area contributed by atoms with Gasteiger partial charge in [0, 0.05) is 36.3 Å². The number of urea groups is 1. The number of aliphatic carboxylic acids is 1. The highest BCUT2D eigenvalue weighted by Crippen LogP contribution is 2.53. The Morgan fingerprint density at radius 1 is 0.976 bits per heavy atom. The number of nitrogens with one attached hydrogen (secondary N) is 1. The number of anilines is 2. The van der Waals surface area contributed by atoms with Crippen LogP contribution in [0.15, 0.2) is 76.5 Å². The first-order valence-electron chi connectivity index (χ1n) is 13.4. The Morgan fingerprint density at radius 3 is 2.27 bits per heavy atom. The summed E-state index contributed by atoms with van der Waals surface area (Å²) < 4.78 is 5.77. The number of rotatable bonds is 7. The maximum atomic E-state index is 14.3. The first kappa shape index (κ1) is 28.2. The SMILES string of the molecule is Cc1cccc(NC(=O)N2C(C(=O)O)C(c3sccc3C)C(C(=O)c3ccc(C)o3)C2c2ccc(N(C)C)cc2)c1. The van der Waals surface area contributed by atoms with Crippen LogP contribution in [0.3, 0.4) is 0 Å². The molecule has 4 unspecified atom stereocenters. The average molecular weight is 572 g/mol. The molecule has 5 rings (SSSR count). The van der Waals surface area contributed by atoms with Gasteiger partial charge in [-0.1, -0.05) is 24.3 Å². The minimum absolute atomic E-state index is 0.145. The number of carbonyl (C=O) groups is 3. The number of ketones is 1. The van der Waals surface area contributed by atoms with E-state index in [-0.39, 0.29) is 11.5 Å². The summed E-state index contributed by atoms with van der Waals surface area (Å²) >= 11 is 1.40. The first-order valence-corrected chi connectivity index (χ1v) is 14.3. The third kappa shape index (κ3) is 5.37. The predicted octanol–water partition coefficient (Wildman–Crippen LogP) is 6.66. The van der Waals surface area contributed by atoms with Crippen molar-refractivity contribution in [2.45, 2.75) is 38.8 Å². The molecule has 9 heteroatoms. The van der Waals surface area contributed by atoms with Gasteiger partial charge in [-0.15, -0.1) is 11.3 Å². The van der Waals surface area contributed by atoms with Gasteiger partial charge in [0.15, 0.2) is 5.76 Å². The molecule has 3 heterocycles. The van der Waals surface area contributed by atoms with Gasteiger partial charge < -0.3 is 24.6 Å². The molecule has 2 amide bonds. The van der Waals surface area contributed by atoms with Gasteiger partial charge in [0.05, 0.1) is 12.0 Å². The van der Waals surface area contributed by atoms with Crippen LogP contribution in [0.1, 0.15) is 49.8 Å². The van der Waals surface area contributed by atoms with E-state index in [1.165, 1.54) is 16.2 Å². The molecule has 0 spiro atoms. The van der Waals surface area contributed by atoms with Crippen molar-refractivity contribution in [1.29, 1.82) is 0 Å². The highest BCUT2D eigenvalue weighted by Gasteiger charge is 2.58. The van der Waals surface area contributed by atoms with E-state index in [4.69, 9.17) is 4.42 Å². The van der Waals surface area contributed by atoms with Gasteiger partial charge in [0.2, 0.25) is 5.78 Å². The predicted molar refractivity (Wildman–Crippen MR) is 160 cm³/mol.